The molecule has 0 aliphatic heterocycles. The van der Waals surface area contributed by atoms with Crippen LogP contribution >= 0.6 is 0 Å². The number of aliphatic hydroxyl groups excluding tert-OH is 1. The lowest BCUT2D eigenvalue weighted by atomic mass is 9.96. The number of hydrogen-bond acceptors (Lipinski definition) is 6. The van der Waals surface area contributed by atoms with Gasteiger partial charge in [0.2, 0.25) is 5.91 Å². The maximum Gasteiger partial charge on any atom is 0.573 e. The van der Waals surface area contributed by atoms with Crippen LogP contribution in [0.15, 0.2) is 47.4 Å². The Balaban J connectivity index is 1.81. The predicted octanol–water partition coefficient (Wildman–Crippen LogP) is 4.66. The number of amides is 1. The zero-order chi connectivity index (χ0) is 25.6. The minimum absolute atomic E-state index is 0.0538. The van der Waals surface area contributed by atoms with Gasteiger partial charge in [-0.3, -0.25) is 9.52 Å². The first-order chi connectivity index (χ1) is 16.5. The number of carbonyl (C=O) groups excluding carboxylic acids is 1. The number of halogens is 3. The van der Waals surface area contributed by atoms with Crippen molar-refractivity contribution in [3.8, 4) is 11.5 Å². The van der Waals surface area contributed by atoms with Crippen LogP contribution in [-0.2, 0) is 14.8 Å². The molecular weight excluding hydrogens is 489 g/mol. The van der Waals surface area contributed by atoms with Crippen molar-refractivity contribution in [2.75, 3.05) is 16.6 Å². The van der Waals surface area contributed by atoms with Crippen LogP contribution in [0, 0.1) is 5.92 Å². The highest BCUT2D eigenvalue weighted by Crippen LogP contribution is 2.32. The van der Waals surface area contributed by atoms with Gasteiger partial charge >= 0.3 is 6.36 Å². The van der Waals surface area contributed by atoms with Gasteiger partial charge in [0.25, 0.3) is 10.0 Å². The van der Waals surface area contributed by atoms with E-state index in [4.69, 9.17) is 4.74 Å². The van der Waals surface area contributed by atoms with E-state index in [2.05, 4.69) is 14.8 Å². The number of rotatable bonds is 8. The van der Waals surface area contributed by atoms with Crippen molar-refractivity contribution in [2.24, 2.45) is 5.92 Å². The van der Waals surface area contributed by atoms with Gasteiger partial charge < -0.3 is 19.9 Å². The van der Waals surface area contributed by atoms with E-state index in [9.17, 15) is 31.5 Å². The van der Waals surface area contributed by atoms with Crippen molar-refractivity contribution in [1.82, 2.24) is 0 Å². The number of benzene rings is 2. The number of carbonyl (C=O) groups is 1. The van der Waals surface area contributed by atoms with Gasteiger partial charge in [-0.2, -0.15) is 0 Å². The largest absolute Gasteiger partial charge is 0.573 e. The molecule has 3 rings (SSSR count). The summed E-state index contributed by atoms with van der Waals surface area (Å²) in [7, 11) is -4.27. The summed E-state index contributed by atoms with van der Waals surface area (Å²) >= 11 is 0. The maximum atomic E-state index is 13.0. The smallest absolute Gasteiger partial charge is 0.492 e. The first-order valence-electron chi connectivity index (χ1n) is 11.1. The maximum absolute atomic E-state index is 13.0. The molecule has 0 bridgehead atoms. The first kappa shape index (κ1) is 26.6. The number of ether oxygens (including phenoxy) is 2. The Bertz CT molecular complexity index is 1140. The molecule has 0 aromatic heterocycles. The van der Waals surface area contributed by atoms with Gasteiger partial charge in [0.1, 0.15) is 16.4 Å². The van der Waals surface area contributed by atoms with E-state index in [1.807, 2.05) is 0 Å². The Hall–Kier alpha value is -2.99. The summed E-state index contributed by atoms with van der Waals surface area (Å²) in [5.41, 5.74) is 0.142. The number of anilines is 2. The van der Waals surface area contributed by atoms with Crippen LogP contribution in [-0.4, -0.2) is 38.5 Å². The fourth-order valence-corrected chi connectivity index (χ4v) is 5.05. The molecule has 0 heterocycles. The number of nitrogens with one attached hydrogen (secondary N) is 2. The van der Waals surface area contributed by atoms with Crippen LogP contribution in [0.25, 0.3) is 0 Å². The van der Waals surface area contributed by atoms with Crippen LogP contribution in [0.1, 0.15) is 39.0 Å². The molecule has 2 aromatic carbocycles. The average Bonchev–Trinajstić information content (AvgIpc) is 2.97. The number of alkyl halides is 3. The lowest BCUT2D eigenvalue weighted by Crippen LogP contribution is -2.32. The van der Waals surface area contributed by atoms with Gasteiger partial charge in [0, 0.05) is 17.8 Å². The molecule has 0 saturated heterocycles. The molecule has 1 saturated carbocycles. The second-order valence-corrected chi connectivity index (χ2v) is 9.73. The highest BCUT2D eigenvalue weighted by molar-refractivity contribution is 7.92. The molecule has 1 fully saturated rings. The molecule has 1 amide bonds. The highest BCUT2D eigenvalue weighted by Gasteiger charge is 2.31. The summed E-state index contributed by atoms with van der Waals surface area (Å²) < 4.78 is 74.9. The van der Waals surface area contributed by atoms with Crippen molar-refractivity contribution in [2.45, 2.75) is 56.4 Å². The third-order valence-corrected chi connectivity index (χ3v) is 6.86. The van der Waals surface area contributed by atoms with E-state index in [-0.39, 0.29) is 34.5 Å². The van der Waals surface area contributed by atoms with E-state index in [0.29, 0.717) is 12.8 Å². The van der Waals surface area contributed by atoms with E-state index in [0.717, 1.165) is 31.4 Å². The molecule has 1 aliphatic carbocycles. The first-order valence-corrected chi connectivity index (χ1v) is 12.6. The number of hydrogen-bond donors (Lipinski definition) is 3. The minimum atomic E-state index is -4.92. The van der Waals surface area contributed by atoms with Crippen LogP contribution in [0.4, 0.5) is 24.5 Å². The number of aliphatic hydroxyl groups is 1. The van der Waals surface area contributed by atoms with Crippen molar-refractivity contribution in [1.29, 1.82) is 0 Å². The van der Waals surface area contributed by atoms with E-state index in [1.54, 1.807) is 6.92 Å². The van der Waals surface area contributed by atoms with Crippen LogP contribution in [0.3, 0.4) is 0 Å². The molecule has 0 radical (unpaired) electrons. The zero-order valence-electron chi connectivity index (χ0n) is 19.0. The fourth-order valence-electron chi connectivity index (χ4n) is 3.87. The van der Waals surface area contributed by atoms with Crippen LogP contribution in [0.2, 0.25) is 0 Å². The molecule has 0 unspecified atom stereocenters. The molecule has 2 atom stereocenters. The van der Waals surface area contributed by atoms with Crippen LogP contribution < -0.4 is 19.5 Å². The topological polar surface area (TPSA) is 114 Å². The van der Waals surface area contributed by atoms with Crippen molar-refractivity contribution in [3.05, 3.63) is 42.5 Å². The quantitative estimate of drug-likeness (QED) is 0.440. The Morgan fingerprint density at radius 1 is 1.09 bits per heavy atom. The number of sulfonamides is 1. The van der Waals surface area contributed by atoms with Crippen molar-refractivity contribution >= 4 is 27.3 Å². The van der Waals surface area contributed by atoms with Gasteiger partial charge in [0.05, 0.1) is 24.3 Å². The summed E-state index contributed by atoms with van der Waals surface area (Å²) in [5, 5.41) is 13.0. The summed E-state index contributed by atoms with van der Waals surface area (Å²) in [6, 6.07) is 8.38. The van der Waals surface area contributed by atoms with Crippen molar-refractivity contribution in [3.63, 3.8) is 0 Å². The Labute approximate surface area is 201 Å². The van der Waals surface area contributed by atoms with Gasteiger partial charge in [-0.15, -0.1) is 13.2 Å². The second kappa shape index (κ2) is 11.2. The normalized spacial score (nSPS) is 18.9. The average molecular weight is 517 g/mol. The van der Waals surface area contributed by atoms with Crippen molar-refractivity contribution < 1.29 is 41.0 Å². The van der Waals surface area contributed by atoms with Gasteiger partial charge in [-0.25, -0.2) is 8.42 Å². The van der Waals surface area contributed by atoms with E-state index >= 15 is 0 Å². The molecule has 192 valence electrons. The zero-order valence-corrected chi connectivity index (χ0v) is 19.8. The Morgan fingerprint density at radius 2 is 1.83 bits per heavy atom. The molecule has 1 aliphatic rings. The third kappa shape index (κ3) is 7.49. The summed E-state index contributed by atoms with van der Waals surface area (Å²) in [5.74, 6) is -1.57. The SMILES string of the molecule is CCOc1cc(NC(=O)[C@@H]2CCCCC[C@@H]2O)ccc1S(=O)(=O)Nc1cccc(OC(F)(F)F)c1. The third-order valence-electron chi connectivity index (χ3n) is 5.44. The van der Waals surface area contributed by atoms with Gasteiger partial charge in [-0.1, -0.05) is 25.3 Å². The molecule has 2 aromatic rings. The monoisotopic (exact) mass is 516 g/mol. The molecule has 3 N–H and O–H groups in total. The Kier molecular flexibility index (Phi) is 8.49. The van der Waals surface area contributed by atoms with E-state index < -0.39 is 34.2 Å². The summed E-state index contributed by atoms with van der Waals surface area (Å²) in [4.78, 5) is 12.4. The second-order valence-electron chi connectivity index (χ2n) is 8.08. The molecule has 35 heavy (non-hydrogen) atoms. The van der Waals surface area contributed by atoms with E-state index in [1.165, 1.54) is 30.3 Å². The molecule has 8 nitrogen and oxygen atoms in total. The highest BCUT2D eigenvalue weighted by atomic mass is 32.2. The summed E-state index contributed by atoms with van der Waals surface area (Å²) in [6.45, 7) is 1.77. The van der Waals surface area contributed by atoms with Crippen LogP contribution in [0.5, 0.6) is 11.5 Å². The Morgan fingerprint density at radius 3 is 2.54 bits per heavy atom. The fraction of sp³-hybridized carbons (Fsp3) is 0.435. The summed E-state index contributed by atoms with van der Waals surface area (Å²) in [6.07, 6.45) is -1.95. The molecule has 0 spiro atoms. The molecular formula is C23H27F3N2O6S. The van der Waals surface area contributed by atoms with Gasteiger partial charge in [-0.05, 0) is 44.0 Å². The predicted molar refractivity (Wildman–Crippen MR) is 123 cm³/mol. The minimum Gasteiger partial charge on any atom is -0.492 e. The molecule has 12 heteroatoms. The van der Waals surface area contributed by atoms with Gasteiger partial charge in [0.15, 0.2) is 0 Å². The lowest BCUT2D eigenvalue weighted by Gasteiger charge is -2.20. The standard InChI is InChI=1S/C23H27F3N2O6S/c1-2-33-20-14-15(27-22(30)18-9-4-3-5-10-19(18)29)11-12-21(20)35(31,32)28-16-7-6-8-17(13-16)34-23(24,25)26/h6-8,11-14,18-19,28-29H,2-5,9-10H2,1H3,(H,27,30)/t18-,19+/m1/s1. The lowest BCUT2D eigenvalue weighted by molar-refractivity contribution is -0.274.